The summed E-state index contributed by atoms with van der Waals surface area (Å²) in [4.78, 5) is 147. The Hall–Kier alpha value is -5.95. The Labute approximate surface area is 657 Å². The number of hydrogen-bond donors (Lipinski definition) is 5. The molecule has 0 aromatic carbocycles. The van der Waals surface area contributed by atoms with Crippen molar-refractivity contribution < 1.29 is 91.1 Å². The molecule has 0 aliphatic carbocycles. The van der Waals surface area contributed by atoms with E-state index in [1.165, 1.54) is 19.1 Å². The fraction of sp³-hybridized carbons (Fsp3) is 0.690. The van der Waals surface area contributed by atoms with Gasteiger partial charge in [-0.1, -0.05) is 100.0 Å². The lowest BCUT2D eigenvalue weighted by Crippen LogP contribution is -2.64. The number of rotatable bonds is 18. The minimum absolute atomic E-state index is 0. The molecule has 6 amide bonds. The van der Waals surface area contributed by atoms with Crippen LogP contribution in [0.15, 0.2) is 63.3 Å². The Balaban J connectivity index is 0.000000324. The summed E-state index contributed by atoms with van der Waals surface area (Å²) in [7, 11) is 2.72. The van der Waals surface area contributed by atoms with Gasteiger partial charge in [0.2, 0.25) is 49.6 Å². The van der Waals surface area contributed by atoms with Gasteiger partial charge in [-0.05, 0) is 164 Å². The van der Waals surface area contributed by atoms with Crippen LogP contribution in [0.2, 0.25) is 0 Å². The highest BCUT2D eigenvalue weighted by Crippen LogP contribution is 2.48. The number of alkyl carbamates (subject to hydrolysis) is 1. The van der Waals surface area contributed by atoms with Crippen LogP contribution < -0.4 is 21.3 Å². The van der Waals surface area contributed by atoms with E-state index in [1.54, 1.807) is 81.7 Å². The smallest absolute Gasteiger partial charge is 0.408 e. The van der Waals surface area contributed by atoms with Crippen molar-refractivity contribution in [2.45, 2.75) is 235 Å². The number of carbonyl (C=O) groups excluding carboxylic acids is 11. The number of methoxy groups -OCH3 is 2. The summed E-state index contributed by atoms with van der Waals surface area (Å²) < 4.78 is 26.6. The van der Waals surface area contributed by atoms with E-state index >= 15 is 0 Å². The number of carbonyl (C=O) groups is 12. The van der Waals surface area contributed by atoms with Crippen LogP contribution in [0.25, 0.3) is 0 Å². The molecule has 0 spiro atoms. The first kappa shape index (κ1) is 94.3. The van der Waals surface area contributed by atoms with Crippen LogP contribution in [-0.4, -0.2) is 239 Å². The van der Waals surface area contributed by atoms with Gasteiger partial charge in [-0.15, -0.1) is 45.3 Å². The average molecular weight is 1640 g/mol. The quantitative estimate of drug-likeness (QED) is 0.0370. The van der Waals surface area contributed by atoms with Gasteiger partial charge >= 0.3 is 41.9 Å². The van der Waals surface area contributed by atoms with Crippen molar-refractivity contribution in [2.75, 3.05) is 73.1 Å². The van der Waals surface area contributed by atoms with E-state index in [0.29, 0.717) is 64.6 Å². The van der Waals surface area contributed by atoms with Gasteiger partial charge in [-0.2, -0.15) is 0 Å². The summed E-state index contributed by atoms with van der Waals surface area (Å²) in [5.41, 5.74) is -4.51. The second kappa shape index (κ2) is 41.2. The summed E-state index contributed by atoms with van der Waals surface area (Å²) in [5.74, 6) is -2.92. The first-order chi connectivity index (χ1) is 49.0. The Morgan fingerprint density at radius 3 is 1.63 bits per heavy atom. The van der Waals surface area contributed by atoms with E-state index in [1.807, 2.05) is 9.80 Å². The largest absolute Gasteiger partial charge is 0.481 e. The van der Waals surface area contributed by atoms with E-state index in [0.717, 1.165) is 90.3 Å². The molecule has 10 fully saturated rings. The molecule has 35 heteroatoms. The molecule has 28 nitrogen and oxygen atoms in total. The number of nitrogens with one attached hydrogen (secondary N) is 4. The lowest BCUT2D eigenvalue weighted by molar-refractivity contribution is -0.159. The monoisotopic (exact) mass is 1630 g/mol. The number of halogens is 7. The fourth-order valence-electron chi connectivity index (χ4n) is 14.4. The molecule has 0 bridgehead atoms. The van der Waals surface area contributed by atoms with Gasteiger partial charge < -0.3 is 69.5 Å². The number of piperazine rings is 2. The van der Waals surface area contributed by atoms with E-state index in [9.17, 15) is 57.5 Å². The van der Waals surface area contributed by atoms with Crippen LogP contribution in [0.5, 0.6) is 0 Å². The van der Waals surface area contributed by atoms with Crippen molar-refractivity contribution in [3.05, 3.63) is 63.3 Å². The van der Waals surface area contributed by atoms with Crippen molar-refractivity contribution in [3.63, 3.8) is 0 Å². The number of carboxylic acids is 1. The molecule has 4 unspecified atom stereocenters. The van der Waals surface area contributed by atoms with Crippen molar-refractivity contribution in [1.82, 2.24) is 45.8 Å². The molecule has 0 radical (unpaired) electrons. The Bertz CT molecular complexity index is 3170. The third-order valence-corrected chi connectivity index (χ3v) is 20.0. The summed E-state index contributed by atoms with van der Waals surface area (Å²) in [6.07, 6.45) is 19.6. The highest BCUT2D eigenvalue weighted by molar-refractivity contribution is 6.68. The van der Waals surface area contributed by atoms with E-state index in [-0.39, 0.29) is 98.4 Å². The summed E-state index contributed by atoms with van der Waals surface area (Å²) in [6.45, 7) is 33.0. The number of fused-ring (bicyclic) bond motifs is 4. The predicted octanol–water partition coefficient (Wildman–Crippen LogP) is 8.95. The van der Waals surface area contributed by atoms with Gasteiger partial charge in [-0.25, -0.2) is 19.3 Å². The van der Waals surface area contributed by atoms with Crippen molar-refractivity contribution in [1.29, 1.82) is 0 Å². The minimum atomic E-state index is -1.61. The van der Waals surface area contributed by atoms with Gasteiger partial charge in [-0.3, -0.25) is 48.1 Å². The van der Waals surface area contributed by atoms with Crippen molar-refractivity contribution in [2.24, 2.45) is 0 Å². The van der Waals surface area contributed by atoms with E-state index in [2.05, 4.69) is 54.2 Å². The van der Waals surface area contributed by atoms with Crippen LogP contribution in [0.3, 0.4) is 0 Å². The number of alkyl halides is 6. The molecule has 5 N–H and O–H groups in total. The number of carboxylic acid groups (broad SMARTS) is 1. The third-order valence-electron chi connectivity index (χ3n) is 18.9. The van der Waals surface area contributed by atoms with Gasteiger partial charge in [0.15, 0.2) is 0 Å². The SMILES string of the molecule is C=CCC1(C(=O)OC)CCCN1.C=CCC1(C(=O)OC)CCCN1C(=O)CNC(=O)OC(C)(C)C.C=CCC12CCCN1C(=O)CNC2=O.C=CCC12CCCN1[C@@H](C(Cl)(Cl)Cl)OC2=O.C=CCC[C@@]12CCCN1C(=O)CNC2=O.CC(C)(C)OC(=O)CCC(=O)O.Cl.O=C1O[C@H](C(Cl)(Cl)Cl)N2CCC[C@@H]12. The Morgan fingerprint density at radius 2 is 1.12 bits per heavy atom. The number of allylic oxidation sites excluding steroid dienone is 1. The zero-order valence-corrected chi connectivity index (χ0v) is 67.2. The molecule has 10 heterocycles. The topological polar surface area (TPSA) is 345 Å². The molecular weight excluding hydrogens is 1530 g/mol. The number of amides is 6. The zero-order chi connectivity index (χ0) is 79.2. The molecule has 0 aromatic heterocycles. The second-order valence-electron chi connectivity index (χ2n) is 28.5. The molecule has 10 rings (SSSR count). The van der Waals surface area contributed by atoms with Crippen LogP contribution in [0.4, 0.5) is 4.79 Å². The molecular formula is C71H106Cl7N9O19. The molecule has 10 aliphatic heterocycles. The van der Waals surface area contributed by atoms with Gasteiger partial charge in [0, 0.05) is 32.7 Å². The van der Waals surface area contributed by atoms with Crippen LogP contribution in [-0.2, 0) is 81.2 Å². The number of aliphatic carboxylic acids is 1. The number of esters is 5. The number of hydrogen-bond acceptors (Lipinski definition) is 21. The van der Waals surface area contributed by atoms with Gasteiger partial charge in [0.1, 0.15) is 51.5 Å². The summed E-state index contributed by atoms with van der Waals surface area (Å²) in [5, 5.41) is 19.2. The lowest BCUT2D eigenvalue weighted by Gasteiger charge is -2.40. The molecule has 10 aliphatic rings. The molecule has 0 saturated carbocycles. The fourth-order valence-corrected chi connectivity index (χ4v) is 15.4. The maximum absolute atomic E-state index is 12.4. The standard InChI is InChI=1S/C16H26N2O5.C11H16N2O2.C10H12Cl3NO2.C10H14N2O2.C9H15NO2.C8H14O4.C7H8Cl3NO2.ClH/c1-6-8-16(13(20)22-5)9-7-10-18(16)12(19)11-17-14(21)23-15(2,3)4;1-2-3-5-11-6-4-7-13(11)9(14)8-12-10(11)15;1-2-4-9-5-3-6-14(9)7(10(11,12)13)16-8(9)15;1-2-4-10-5-3-6-12(10)8(13)7-11-9(10)14;1-3-5-9(8(11)12-2)6-4-7-10-9;1-8(2,3)12-7(11)5-4-6(9)10;8-7(9,10)6-11-3-1-2-4(11)5(12)13-6;/h6H,1,7-11H2,2-5H3,(H,17,21);2H,1,3-8H2,(H,12,15);2,7H,1,3-6H2;2H,1,3-7H2,(H,11,14);3,10H,1,4-7H2,2H3;4-5H2,1-3H3,(H,9,10);4,6H,1-3H2;1H/t;11-;7-,9?;;;;4-,6+;/m.01...0./s1. The molecule has 10 saturated heterocycles. The van der Waals surface area contributed by atoms with Crippen LogP contribution >= 0.6 is 82.0 Å². The molecule has 8 atom stereocenters. The summed E-state index contributed by atoms with van der Waals surface area (Å²) >= 11 is 34.5. The maximum atomic E-state index is 12.4. The van der Waals surface area contributed by atoms with Gasteiger partial charge in [0.05, 0.1) is 40.2 Å². The highest BCUT2D eigenvalue weighted by Gasteiger charge is 2.62. The van der Waals surface area contributed by atoms with Crippen LogP contribution in [0.1, 0.15) is 170 Å². The number of likely N-dealkylation sites (tertiary alicyclic amines) is 1. The number of cyclic esters (lactones) is 2. The molecule has 598 valence electrons. The zero-order valence-electron chi connectivity index (χ0n) is 61.9. The van der Waals surface area contributed by atoms with E-state index in [4.69, 9.17) is 103 Å². The Morgan fingerprint density at radius 1 is 0.604 bits per heavy atom. The number of nitrogens with zero attached hydrogens (tertiary/aromatic N) is 5. The minimum Gasteiger partial charge on any atom is -0.481 e. The average Bonchev–Trinajstić information content (AvgIpc) is 1.58. The third kappa shape index (κ3) is 24.5. The molecule has 106 heavy (non-hydrogen) atoms. The van der Waals surface area contributed by atoms with Gasteiger partial charge in [0.25, 0.3) is 0 Å². The maximum Gasteiger partial charge on any atom is 0.408 e. The predicted molar refractivity (Wildman–Crippen MR) is 403 cm³/mol. The molecule has 0 aromatic rings. The van der Waals surface area contributed by atoms with Crippen molar-refractivity contribution in [3.8, 4) is 0 Å². The lowest BCUT2D eigenvalue weighted by atomic mass is 9.87. The number of ether oxygens (including phenoxy) is 6. The summed E-state index contributed by atoms with van der Waals surface area (Å²) in [6, 6.07) is -0.194. The van der Waals surface area contributed by atoms with Crippen LogP contribution in [0, 0.1) is 0 Å². The first-order valence-electron chi connectivity index (χ1n) is 35.0. The van der Waals surface area contributed by atoms with E-state index < -0.39 is 82.9 Å². The first-order valence-corrected chi connectivity index (χ1v) is 37.2. The second-order valence-corrected chi connectivity index (χ2v) is 33.2. The normalized spacial score (nSPS) is 26.9. The Kier molecular flexibility index (Phi) is 36.6. The van der Waals surface area contributed by atoms with Crippen molar-refractivity contribution >= 4 is 153 Å². The highest BCUT2D eigenvalue weighted by atomic mass is 35.6.